The summed E-state index contributed by atoms with van der Waals surface area (Å²) in [5.41, 5.74) is 1.32. The average molecular weight is 186 g/mol. The SMILES string of the molecule is Cc1ccnc(CCl)c1C(=O)O. The highest BCUT2D eigenvalue weighted by Crippen LogP contribution is 2.13. The van der Waals surface area contributed by atoms with E-state index in [4.69, 9.17) is 16.7 Å². The second-order valence-corrected chi connectivity index (χ2v) is 2.66. The lowest BCUT2D eigenvalue weighted by molar-refractivity contribution is 0.0694. The second-order valence-electron chi connectivity index (χ2n) is 2.39. The van der Waals surface area contributed by atoms with Gasteiger partial charge in [-0.1, -0.05) is 0 Å². The number of alkyl halides is 1. The van der Waals surface area contributed by atoms with Gasteiger partial charge in [0.05, 0.1) is 17.1 Å². The number of aromatic nitrogens is 1. The van der Waals surface area contributed by atoms with E-state index in [1.165, 1.54) is 0 Å². The van der Waals surface area contributed by atoms with Gasteiger partial charge in [0.1, 0.15) is 0 Å². The van der Waals surface area contributed by atoms with Crippen LogP contribution in [0.2, 0.25) is 0 Å². The van der Waals surface area contributed by atoms with E-state index in [0.717, 1.165) is 0 Å². The molecule has 0 bridgehead atoms. The average Bonchev–Trinajstić information content (AvgIpc) is 2.03. The highest BCUT2D eigenvalue weighted by molar-refractivity contribution is 6.17. The molecular formula is C8H8ClNO2. The minimum absolute atomic E-state index is 0.128. The van der Waals surface area contributed by atoms with Crippen LogP contribution in [-0.4, -0.2) is 16.1 Å². The van der Waals surface area contributed by atoms with Gasteiger partial charge in [0, 0.05) is 6.20 Å². The molecule has 0 saturated heterocycles. The molecule has 1 N–H and O–H groups in total. The Balaban J connectivity index is 3.29. The summed E-state index contributed by atoms with van der Waals surface area (Å²) in [6.07, 6.45) is 1.56. The van der Waals surface area contributed by atoms with Crippen LogP contribution < -0.4 is 0 Å². The third kappa shape index (κ3) is 1.56. The van der Waals surface area contributed by atoms with Crippen molar-refractivity contribution in [3.8, 4) is 0 Å². The molecule has 3 nitrogen and oxygen atoms in total. The molecule has 1 aromatic rings. The highest BCUT2D eigenvalue weighted by atomic mass is 35.5. The fourth-order valence-corrected chi connectivity index (χ4v) is 1.21. The zero-order chi connectivity index (χ0) is 9.14. The monoisotopic (exact) mass is 185 g/mol. The smallest absolute Gasteiger partial charge is 0.337 e. The van der Waals surface area contributed by atoms with Crippen LogP contribution in [0, 0.1) is 6.92 Å². The first-order chi connectivity index (χ1) is 5.66. The predicted octanol–water partition coefficient (Wildman–Crippen LogP) is 1.83. The van der Waals surface area contributed by atoms with Crippen LogP contribution in [0.1, 0.15) is 21.6 Å². The van der Waals surface area contributed by atoms with E-state index in [2.05, 4.69) is 4.98 Å². The molecule has 1 heterocycles. The predicted molar refractivity (Wildman–Crippen MR) is 45.5 cm³/mol. The van der Waals surface area contributed by atoms with Crippen molar-refractivity contribution in [1.29, 1.82) is 0 Å². The maximum Gasteiger partial charge on any atom is 0.337 e. The molecule has 64 valence electrons. The number of hydrogen-bond acceptors (Lipinski definition) is 2. The van der Waals surface area contributed by atoms with Crippen LogP contribution in [0.5, 0.6) is 0 Å². The summed E-state index contributed by atoms with van der Waals surface area (Å²) in [6.45, 7) is 1.72. The Hall–Kier alpha value is -1.09. The van der Waals surface area contributed by atoms with Gasteiger partial charge in [0.2, 0.25) is 0 Å². The maximum atomic E-state index is 10.7. The number of carbonyl (C=O) groups is 1. The summed E-state index contributed by atoms with van der Waals surface area (Å²) in [4.78, 5) is 14.6. The minimum Gasteiger partial charge on any atom is -0.478 e. The van der Waals surface area contributed by atoms with Crippen LogP contribution in [0.25, 0.3) is 0 Å². The summed E-state index contributed by atoms with van der Waals surface area (Å²) in [5.74, 6) is -0.847. The number of aromatic carboxylic acids is 1. The Labute approximate surface area is 75.0 Å². The number of nitrogens with zero attached hydrogens (tertiary/aromatic N) is 1. The molecule has 0 saturated carbocycles. The van der Waals surface area contributed by atoms with E-state index < -0.39 is 5.97 Å². The Morgan fingerprint density at radius 2 is 2.42 bits per heavy atom. The quantitative estimate of drug-likeness (QED) is 0.716. The molecule has 1 rings (SSSR count). The van der Waals surface area contributed by atoms with Gasteiger partial charge in [-0.05, 0) is 18.6 Å². The van der Waals surface area contributed by atoms with E-state index in [9.17, 15) is 4.79 Å². The third-order valence-electron chi connectivity index (χ3n) is 1.58. The van der Waals surface area contributed by atoms with Crippen LogP contribution in [0.3, 0.4) is 0 Å². The summed E-state index contributed by atoms with van der Waals surface area (Å²) in [7, 11) is 0. The number of rotatable bonds is 2. The van der Waals surface area contributed by atoms with E-state index in [1.807, 2.05) is 0 Å². The Morgan fingerprint density at radius 1 is 1.75 bits per heavy atom. The van der Waals surface area contributed by atoms with Crippen LogP contribution in [0.4, 0.5) is 0 Å². The summed E-state index contributed by atoms with van der Waals surface area (Å²) < 4.78 is 0. The maximum absolute atomic E-state index is 10.7. The summed E-state index contributed by atoms with van der Waals surface area (Å²) >= 11 is 5.52. The van der Waals surface area contributed by atoms with Crippen LogP contribution in [-0.2, 0) is 5.88 Å². The van der Waals surface area contributed by atoms with Crippen molar-refractivity contribution in [1.82, 2.24) is 4.98 Å². The molecule has 4 heteroatoms. The molecule has 0 unspecified atom stereocenters. The Morgan fingerprint density at radius 3 is 2.83 bits per heavy atom. The molecule has 0 aliphatic heterocycles. The fourth-order valence-electron chi connectivity index (χ4n) is 1.01. The van der Waals surface area contributed by atoms with E-state index >= 15 is 0 Å². The van der Waals surface area contributed by atoms with Crippen molar-refractivity contribution in [2.24, 2.45) is 0 Å². The largest absolute Gasteiger partial charge is 0.478 e. The van der Waals surface area contributed by atoms with Gasteiger partial charge >= 0.3 is 5.97 Å². The number of aryl methyl sites for hydroxylation is 1. The highest BCUT2D eigenvalue weighted by Gasteiger charge is 2.12. The van der Waals surface area contributed by atoms with Crippen molar-refractivity contribution in [3.05, 3.63) is 29.1 Å². The van der Waals surface area contributed by atoms with E-state index in [-0.39, 0.29) is 11.4 Å². The van der Waals surface area contributed by atoms with Crippen molar-refractivity contribution in [3.63, 3.8) is 0 Å². The van der Waals surface area contributed by atoms with Gasteiger partial charge in [-0.2, -0.15) is 0 Å². The molecule has 0 radical (unpaired) electrons. The molecule has 0 amide bonds. The molecule has 0 aliphatic rings. The first kappa shape index (κ1) is 9.00. The van der Waals surface area contributed by atoms with E-state index in [0.29, 0.717) is 11.3 Å². The van der Waals surface area contributed by atoms with Gasteiger partial charge in [0.25, 0.3) is 0 Å². The van der Waals surface area contributed by atoms with Crippen molar-refractivity contribution >= 4 is 17.6 Å². The molecule has 0 spiro atoms. The standard InChI is InChI=1S/C8H8ClNO2/c1-5-2-3-10-6(4-9)7(5)8(11)12/h2-3H,4H2,1H3,(H,11,12). The molecular weight excluding hydrogens is 178 g/mol. The van der Waals surface area contributed by atoms with Gasteiger partial charge in [0.15, 0.2) is 0 Å². The van der Waals surface area contributed by atoms with Crippen LogP contribution in [0.15, 0.2) is 12.3 Å². The second kappa shape index (κ2) is 3.54. The zero-order valence-electron chi connectivity index (χ0n) is 6.54. The topological polar surface area (TPSA) is 50.2 Å². The fraction of sp³-hybridized carbons (Fsp3) is 0.250. The first-order valence-corrected chi connectivity index (χ1v) is 3.94. The third-order valence-corrected chi connectivity index (χ3v) is 1.83. The molecule has 0 aliphatic carbocycles. The zero-order valence-corrected chi connectivity index (χ0v) is 7.30. The van der Waals surface area contributed by atoms with Crippen molar-refractivity contribution in [2.45, 2.75) is 12.8 Å². The van der Waals surface area contributed by atoms with Gasteiger partial charge in [-0.25, -0.2) is 4.79 Å². The number of carboxylic acids is 1. The van der Waals surface area contributed by atoms with Gasteiger partial charge < -0.3 is 5.11 Å². The lowest BCUT2D eigenvalue weighted by Crippen LogP contribution is -2.05. The molecule has 0 atom stereocenters. The van der Waals surface area contributed by atoms with Gasteiger partial charge in [-0.15, -0.1) is 11.6 Å². The number of hydrogen-bond donors (Lipinski definition) is 1. The molecule has 12 heavy (non-hydrogen) atoms. The number of carboxylic acid groups (broad SMARTS) is 1. The van der Waals surface area contributed by atoms with E-state index in [1.54, 1.807) is 19.2 Å². The number of pyridine rings is 1. The Kier molecular flexibility index (Phi) is 2.65. The summed E-state index contributed by atoms with van der Waals surface area (Å²) in [5, 5.41) is 8.78. The lowest BCUT2D eigenvalue weighted by Gasteiger charge is -2.03. The minimum atomic E-state index is -0.976. The normalized spacial score (nSPS) is 9.83. The molecule has 0 fully saturated rings. The Bertz CT molecular complexity index is 312. The first-order valence-electron chi connectivity index (χ1n) is 3.40. The van der Waals surface area contributed by atoms with Crippen molar-refractivity contribution in [2.75, 3.05) is 0 Å². The lowest BCUT2D eigenvalue weighted by atomic mass is 10.1. The van der Waals surface area contributed by atoms with Crippen molar-refractivity contribution < 1.29 is 9.90 Å². The molecule has 1 aromatic heterocycles. The summed E-state index contributed by atoms with van der Waals surface area (Å²) in [6, 6.07) is 1.65. The number of halogens is 1. The van der Waals surface area contributed by atoms with Gasteiger partial charge in [-0.3, -0.25) is 4.98 Å². The van der Waals surface area contributed by atoms with Crippen LogP contribution >= 0.6 is 11.6 Å². The molecule has 0 aromatic carbocycles.